The van der Waals surface area contributed by atoms with E-state index in [-0.39, 0.29) is 18.7 Å². The molecule has 0 aliphatic heterocycles. The van der Waals surface area contributed by atoms with Crippen LogP contribution in [0.3, 0.4) is 0 Å². The van der Waals surface area contributed by atoms with Gasteiger partial charge < -0.3 is 10.4 Å². The number of nitrogens with one attached hydrogen (secondary N) is 1. The lowest BCUT2D eigenvalue weighted by Gasteiger charge is -2.04. The Balaban J connectivity index is 1.98. The third-order valence-electron chi connectivity index (χ3n) is 2.15. The van der Waals surface area contributed by atoms with Gasteiger partial charge in [-0.3, -0.25) is 14.3 Å². The fourth-order valence-corrected chi connectivity index (χ4v) is 1.31. The Morgan fingerprint density at radius 2 is 2.12 bits per heavy atom. The van der Waals surface area contributed by atoms with Crippen LogP contribution >= 0.6 is 0 Å². The number of carbonyl (C=O) groups is 2. The van der Waals surface area contributed by atoms with E-state index in [2.05, 4.69) is 15.6 Å². The molecule has 0 aliphatic rings. The minimum Gasteiger partial charge on any atom is -0.481 e. The Labute approximate surface area is 98.8 Å². The first-order chi connectivity index (χ1) is 8.18. The molecule has 0 unspecified atom stereocenters. The van der Waals surface area contributed by atoms with Crippen LogP contribution in [0.5, 0.6) is 0 Å². The van der Waals surface area contributed by atoms with Gasteiger partial charge in [0.15, 0.2) is 0 Å². The van der Waals surface area contributed by atoms with Crippen molar-refractivity contribution in [1.82, 2.24) is 20.3 Å². The summed E-state index contributed by atoms with van der Waals surface area (Å²) in [6.45, 7) is 1.27. The summed E-state index contributed by atoms with van der Waals surface area (Å²) < 4.78 is 1.69. The Bertz CT molecular complexity index is 350. The summed E-state index contributed by atoms with van der Waals surface area (Å²) in [5.74, 6) is -0.978. The van der Waals surface area contributed by atoms with E-state index in [9.17, 15) is 9.59 Å². The molecule has 2 N–H and O–H groups in total. The predicted molar refractivity (Wildman–Crippen MR) is 59.1 cm³/mol. The van der Waals surface area contributed by atoms with Crippen LogP contribution in [0, 0.1) is 0 Å². The molecule has 1 amide bonds. The maximum absolute atomic E-state index is 11.2. The van der Waals surface area contributed by atoms with Crippen molar-refractivity contribution in [2.45, 2.75) is 32.2 Å². The largest absolute Gasteiger partial charge is 0.481 e. The van der Waals surface area contributed by atoms with Crippen LogP contribution in [0.1, 0.15) is 25.7 Å². The predicted octanol–water partition coefficient (Wildman–Crippen LogP) is 0.0393. The summed E-state index contributed by atoms with van der Waals surface area (Å²) in [5, 5.41) is 18.6. The second-order valence-electron chi connectivity index (χ2n) is 3.62. The molecule has 0 spiro atoms. The summed E-state index contributed by atoms with van der Waals surface area (Å²) in [6, 6.07) is 0. The van der Waals surface area contributed by atoms with E-state index in [1.807, 2.05) is 0 Å². The molecular weight excluding hydrogens is 224 g/mol. The molecule has 7 nitrogen and oxygen atoms in total. The van der Waals surface area contributed by atoms with Gasteiger partial charge in [-0.05, 0) is 12.8 Å². The Morgan fingerprint density at radius 1 is 1.29 bits per heavy atom. The van der Waals surface area contributed by atoms with E-state index in [4.69, 9.17) is 5.11 Å². The van der Waals surface area contributed by atoms with Crippen LogP contribution < -0.4 is 5.32 Å². The van der Waals surface area contributed by atoms with Gasteiger partial charge in [-0.2, -0.15) is 0 Å². The molecule has 0 aliphatic carbocycles. The summed E-state index contributed by atoms with van der Waals surface area (Å²) in [6.07, 6.45) is 4.80. The van der Waals surface area contributed by atoms with Crippen LogP contribution in [0.4, 0.5) is 0 Å². The normalized spacial score (nSPS) is 10.1. The van der Waals surface area contributed by atoms with Crippen LogP contribution in [-0.2, 0) is 16.1 Å². The molecule has 0 saturated heterocycles. The van der Waals surface area contributed by atoms with Gasteiger partial charge in [0, 0.05) is 32.1 Å². The van der Waals surface area contributed by atoms with E-state index < -0.39 is 5.97 Å². The second kappa shape index (κ2) is 7.37. The zero-order valence-electron chi connectivity index (χ0n) is 9.50. The van der Waals surface area contributed by atoms with E-state index in [0.29, 0.717) is 19.5 Å². The fourth-order valence-electron chi connectivity index (χ4n) is 1.31. The number of carboxylic acids is 1. The highest BCUT2D eigenvalue weighted by Crippen LogP contribution is 1.95. The second-order valence-corrected chi connectivity index (χ2v) is 3.62. The van der Waals surface area contributed by atoms with Gasteiger partial charge in [-0.25, -0.2) is 0 Å². The summed E-state index contributed by atoms with van der Waals surface area (Å²) in [7, 11) is 0. The van der Waals surface area contributed by atoms with Crippen molar-refractivity contribution in [3.63, 3.8) is 0 Å². The first-order valence-electron chi connectivity index (χ1n) is 5.51. The van der Waals surface area contributed by atoms with Crippen molar-refractivity contribution in [3.8, 4) is 0 Å². The Hall–Kier alpha value is -1.92. The number of carboxylic acid groups (broad SMARTS) is 1. The number of amides is 1. The van der Waals surface area contributed by atoms with Gasteiger partial charge in [-0.15, -0.1) is 5.10 Å². The van der Waals surface area contributed by atoms with E-state index in [1.165, 1.54) is 0 Å². The van der Waals surface area contributed by atoms with Gasteiger partial charge in [0.25, 0.3) is 0 Å². The highest BCUT2D eigenvalue weighted by molar-refractivity contribution is 5.76. The first kappa shape index (κ1) is 13.1. The van der Waals surface area contributed by atoms with E-state index >= 15 is 0 Å². The average Bonchev–Trinajstić information content (AvgIpc) is 2.76. The van der Waals surface area contributed by atoms with Crippen molar-refractivity contribution in [3.05, 3.63) is 12.4 Å². The number of nitrogens with zero attached hydrogens (tertiary/aromatic N) is 3. The average molecular weight is 240 g/mol. The number of aryl methyl sites for hydroxylation is 1. The SMILES string of the molecule is O=C(O)CCCC(=O)NCCCn1ccnn1. The Morgan fingerprint density at radius 3 is 2.76 bits per heavy atom. The molecule has 1 aromatic rings. The first-order valence-corrected chi connectivity index (χ1v) is 5.51. The minimum atomic E-state index is -0.871. The fraction of sp³-hybridized carbons (Fsp3) is 0.600. The molecule has 0 radical (unpaired) electrons. The molecule has 1 rings (SSSR count). The molecular formula is C10H16N4O3. The van der Waals surface area contributed by atoms with Gasteiger partial charge in [0.1, 0.15) is 0 Å². The van der Waals surface area contributed by atoms with Crippen LogP contribution in [0.15, 0.2) is 12.4 Å². The molecule has 0 bridgehead atoms. The minimum absolute atomic E-state index is 0.0341. The zero-order valence-corrected chi connectivity index (χ0v) is 9.50. The van der Waals surface area contributed by atoms with Crippen LogP contribution in [-0.4, -0.2) is 38.5 Å². The third kappa shape index (κ3) is 6.29. The van der Waals surface area contributed by atoms with Crippen molar-refractivity contribution in [2.75, 3.05) is 6.54 Å². The number of carbonyl (C=O) groups excluding carboxylic acids is 1. The van der Waals surface area contributed by atoms with E-state index in [1.54, 1.807) is 17.1 Å². The molecule has 1 heterocycles. The Kier molecular flexibility index (Phi) is 5.70. The summed E-state index contributed by atoms with van der Waals surface area (Å²) in [4.78, 5) is 21.5. The molecule has 1 aromatic heterocycles. The van der Waals surface area contributed by atoms with Gasteiger partial charge in [0.05, 0.1) is 6.20 Å². The van der Waals surface area contributed by atoms with Gasteiger partial charge >= 0.3 is 5.97 Å². The quantitative estimate of drug-likeness (QED) is 0.625. The monoisotopic (exact) mass is 240 g/mol. The molecule has 0 atom stereocenters. The van der Waals surface area contributed by atoms with Crippen LogP contribution in [0.2, 0.25) is 0 Å². The van der Waals surface area contributed by atoms with Crippen LogP contribution in [0.25, 0.3) is 0 Å². The number of hydrogen-bond donors (Lipinski definition) is 2. The van der Waals surface area contributed by atoms with E-state index in [0.717, 1.165) is 6.42 Å². The maximum atomic E-state index is 11.2. The highest BCUT2D eigenvalue weighted by atomic mass is 16.4. The number of aliphatic carboxylic acids is 1. The zero-order chi connectivity index (χ0) is 12.5. The highest BCUT2D eigenvalue weighted by Gasteiger charge is 2.03. The lowest BCUT2D eigenvalue weighted by atomic mass is 10.2. The number of hydrogen-bond acceptors (Lipinski definition) is 4. The summed E-state index contributed by atoms with van der Waals surface area (Å²) in [5.41, 5.74) is 0. The maximum Gasteiger partial charge on any atom is 0.303 e. The molecule has 0 saturated carbocycles. The number of rotatable bonds is 8. The molecule has 17 heavy (non-hydrogen) atoms. The molecule has 94 valence electrons. The van der Waals surface area contributed by atoms with Crippen molar-refractivity contribution < 1.29 is 14.7 Å². The molecule has 7 heteroatoms. The lowest BCUT2D eigenvalue weighted by Crippen LogP contribution is -2.25. The standard InChI is InChI=1S/C10H16N4O3/c15-9(3-1-4-10(16)17)11-5-2-7-14-8-6-12-13-14/h6,8H,1-5,7H2,(H,11,15)(H,16,17). The third-order valence-corrected chi connectivity index (χ3v) is 2.15. The number of aromatic nitrogens is 3. The lowest BCUT2D eigenvalue weighted by molar-refractivity contribution is -0.137. The summed E-state index contributed by atoms with van der Waals surface area (Å²) >= 11 is 0. The van der Waals surface area contributed by atoms with Gasteiger partial charge in [-0.1, -0.05) is 5.21 Å². The smallest absolute Gasteiger partial charge is 0.303 e. The van der Waals surface area contributed by atoms with Crippen molar-refractivity contribution in [2.24, 2.45) is 0 Å². The molecule has 0 fully saturated rings. The van der Waals surface area contributed by atoms with Crippen molar-refractivity contribution in [1.29, 1.82) is 0 Å². The van der Waals surface area contributed by atoms with Crippen molar-refractivity contribution >= 4 is 11.9 Å². The van der Waals surface area contributed by atoms with Gasteiger partial charge in [0.2, 0.25) is 5.91 Å². The topological polar surface area (TPSA) is 97.1 Å². The molecule has 0 aromatic carbocycles.